The Labute approximate surface area is 254 Å². The fourth-order valence-corrected chi connectivity index (χ4v) is 9.41. The summed E-state index contributed by atoms with van der Waals surface area (Å²) in [5.41, 5.74) is 2.67. The molecule has 2 rings (SSSR count). The van der Waals surface area contributed by atoms with Crippen molar-refractivity contribution in [1.29, 1.82) is 0 Å². The van der Waals surface area contributed by atoms with Crippen LogP contribution in [0.15, 0.2) is 11.3 Å². The number of hydrogen-bond donors (Lipinski definition) is 4. The van der Waals surface area contributed by atoms with Crippen molar-refractivity contribution in [3.05, 3.63) is 11.3 Å². The fraction of sp³-hybridized carbons (Fsp3) is 0.700. The summed E-state index contributed by atoms with van der Waals surface area (Å²) in [4.78, 5) is 67.3. The molecule has 24 heteroatoms. The Hall–Kier alpha value is -2.17. The number of methoxy groups -OCH3 is 1. The lowest BCUT2D eigenvalue weighted by Gasteiger charge is -2.55. The number of hydrogen-bond acceptors (Lipinski definition) is 18. The van der Waals surface area contributed by atoms with Crippen molar-refractivity contribution in [3.8, 4) is 0 Å². The molecule has 0 unspecified atom stereocenters. The van der Waals surface area contributed by atoms with Gasteiger partial charge in [0.05, 0.1) is 28.4 Å². The molecule has 0 aromatic heterocycles. The number of ether oxygens (including phenoxy) is 2. The van der Waals surface area contributed by atoms with Crippen molar-refractivity contribution < 1.29 is 86.2 Å². The standard InChI is InChI=1S/C20H33N3O18P2S/c1-32-20(16(27)23-14(15(25)26)12(10-37-18(21)28)11-44-17(20)23)22-13(24)8-6-7-9-19(29,42(30,38-33-2)39-34-3)43(31,40-35-4)41-36-5/h17,29H,6-11H2,1-5H3,(H2,21,28)(H,22,24)(H,25,26)/t17-,20-/m0/s1. The van der Waals surface area contributed by atoms with Crippen molar-refractivity contribution in [2.24, 2.45) is 5.73 Å². The van der Waals surface area contributed by atoms with E-state index in [1.54, 1.807) is 0 Å². The molecule has 0 radical (unpaired) electrons. The van der Waals surface area contributed by atoms with Gasteiger partial charge in [-0.2, -0.15) is 0 Å². The summed E-state index contributed by atoms with van der Waals surface area (Å²) in [6.45, 7) is -0.464. The number of aliphatic hydroxyl groups is 1. The summed E-state index contributed by atoms with van der Waals surface area (Å²) in [5, 5.41) is 19.3. The van der Waals surface area contributed by atoms with Gasteiger partial charge >= 0.3 is 27.3 Å². The molecular weight excluding hydrogens is 664 g/mol. The van der Waals surface area contributed by atoms with E-state index in [1.165, 1.54) is 0 Å². The Kier molecular flexibility index (Phi) is 13.7. The third-order valence-corrected chi connectivity index (χ3v) is 12.5. The van der Waals surface area contributed by atoms with Crippen LogP contribution in [0.25, 0.3) is 0 Å². The second-order valence-corrected chi connectivity index (χ2v) is 14.1. The smallest absolute Gasteiger partial charge is 0.428 e. The summed E-state index contributed by atoms with van der Waals surface area (Å²) in [7, 11) is -5.45. The molecule has 3 amide bonds. The number of carbonyl (C=O) groups excluding carboxylic acids is 3. The number of unbranched alkanes of at least 4 members (excludes halogenated alkanes) is 1. The fourth-order valence-electron chi connectivity index (χ4n) is 4.21. The lowest BCUT2D eigenvalue weighted by Crippen LogP contribution is -2.80. The monoisotopic (exact) mass is 697 g/mol. The van der Waals surface area contributed by atoms with Crippen LogP contribution in [0.1, 0.15) is 25.7 Å². The molecule has 2 aliphatic heterocycles. The number of fused-ring (bicyclic) bond motifs is 1. The van der Waals surface area contributed by atoms with Gasteiger partial charge in [0, 0.05) is 31.3 Å². The largest absolute Gasteiger partial charge is 0.477 e. The number of primary amides is 1. The first-order valence-corrected chi connectivity index (χ1v) is 16.3. The van der Waals surface area contributed by atoms with Gasteiger partial charge in [0.15, 0.2) is 0 Å². The first-order chi connectivity index (χ1) is 20.7. The molecule has 44 heavy (non-hydrogen) atoms. The number of carboxylic acid groups (broad SMARTS) is 1. The Bertz CT molecular complexity index is 1170. The third-order valence-electron chi connectivity index (χ3n) is 6.08. The highest BCUT2D eigenvalue weighted by atomic mass is 32.2. The van der Waals surface area contributed by atoms with Gasteiger partial charge in [0.1, 0.15) is 17.7 Å². The van der Waals surface area contributed by atoms with E-state index in [9.17, 15) is 38.5 Å². The highest BCUT2D eigenvalue weighted by Gasteiger charge is 2.68. The minimum atomic E-state index is -5.10. The molecule has 0 aromatic rings. The minimum absolute atomic E-state index is 0.00319. The number of rotatable bonds is 20. The van der Waals surface area contributed by atoms with Gasteiger partial charge in [-0.1, -0.05) is 0 Å². The average Bonchev–Trinajstić information content (AvgIpc) is 2.96. The SMILES string of the molecule is COOP(=O)(OOC)C(O)(CCCCC(=O)N[C@]1(OC)C(=O)N2C(C(=O)O)=C(COC(N)=O)CS[C@H]21)P(=O)(OOC)OOC. The van der Waals surface area contributed by atoms with Gasteiger partial charge < -0.3 is 30.7 Å². The number of amides is 3. The maximum Gasteiger partial charge on any atom is 0.428 e. The van der Waals surface area contributed by atoms with E-state index >= 15 is 0 Å². The number of carboxylic acids is 1. The predicted molar refractivity (Wildman–Crippen MR) is 142 cm³/mol. The van der Waals surface area contributed by atoms with Gasteiger partial charge in [-0.25, -0.2) is 29.1 Å². The van der Waals surface area contributed by atoms with E-state index in [4.69, 9.17) is 10.5 Å². The van der Waals surface area contributed by atoms with Crippen LogP contribution in [0.5, 0.6) is 0 Å². The van der Waals surface area contributed by atoms with Crippen LogP contribution in [0.4, 0.5) is 4.79 Å². The highest BCUT2D eigenvalue weighted by Crippen LogP contribution is 2.78. The molecular formula is C20H33N3O18P2S. The maximum atomic E-state index is 13.4. The molecule has 1 fully saturated rings. The van der Waals surface area contributed by atoms with Gasteiger partial charge in [0.2, 0.25) is 5.91 Å². The topological polar surface area (TPSA) is 276 Å². The van der Waals surface area contributed by atoms with Crippen molar-refractivity contribution in [2.75, 3.05) is 47.9 Å². The molecule has 1 saturated heterocycles. The van der Waals surface area contributed by atoms with Gasteiger partial charge in [0.25, 0.3) is 16.7 Å². The third kappa shape index (κ3) is 7.44. The van der Waals surface area contributed by atoms with E-state index in [0.717, 1.165) is 52.2 Å². The number of nitrogens with two attached hydrogens (primary N) is 1. The molecule has 2 atom stereocenters. The normalized spacial score (nSPS) is 20.6. The van der Waals surface area contributed by atoms with Crippen LogP contribution in [0, 0.1) is 0 Å². The van der Waals surface area contributed by atoms with Crippen molar-refractivity contribution in [1.82, 2.24) is 10.2 Å². The molecule has 0 aliphatic carbocycles. The average molecular weight is 698 g/mol. The first-order valence-electron chi connectivity index (χ1n) is 12.2. The zero-order valence-electron chi connectivity index (χ0n) is 24.1. The first kappa shape index (κ1) is 38.0. The number of aliphatic carboxylic acids is 1. The summed E-state index contributed by atoms with van der Waals surface area (Å²) in [6, 6.07) is 0. The Morgan fingerprint density at radius 2 is 1.55 bits per heavy atom. The molecule has 2 heterocycles. The molecule has 0 aromatic carbocycles. The second kappa shape index (κ2) is 15.9. The van der Waals surface area contributed by atoms with Crippen LogP contribution in [0.2, 0.25) is 0 Å². The van der Waals surface area contributed by atoms with Crippen LogP contribution in [-0.4, -0.2) is 103 Å². The lowest BCUT2D eigenvalue weighted by atomic mass is 9.97. The zero-order chi connectivity index (χ0) is 33.3. The van der Waals surface area contributed by atoms with Crippen molar-refractivity contribution in [3.63, 3.8) is 0 Å². The van der Waals surface area contributed by atoms with Crippen LogP contribution >= 0.6 is 27.0 Å². The van der Waals surface area contributed by atoms with E-state index < -0.39 is 74.0 Å². The molecule has 2 aliphatic rings. The van der Waals surface area contributed by atoms with Gasteiger partial charge in [-0.05, 0) is 12.8 Å². The van der Waals surface area contributed by atoms with Crippen LogP contribution < -0.4 is 11.1 Å². The molecule has 5 N–H and O–H groups in total. The Morgan fingerprint density at radius 3 is 1.98 bits per heavy atom. The van der Waals surface area contributed by atoms with E-state index in [0.29, 0.717) is 0 Å². The van der Waals surface area contributed by atoms with Crippen molar-refractivity contribution in [2.45, 2.75) is 41.9 Å². The van der Waals surface area contributed by atoms with Crippen LogP contribution in [-0.2, 0) is 71.2 Å². The lowest BCUT2D eigenvalue weighted by molar-refractivity contribution is -0.264. The summed E-state index contributed by atoms with van der Waals surface area (Å²) in [5.74, 6) is -3.13. The van der Waals surface area contributed by atoms with Crippen molar-refractivity contribution >= 4 is 50.8 Å². The van der Waals surface area contributed by atoms with Crippen LogP contribution in [0.3, 0.4) is 0 Å². The molecule has 252 valence electrons. The number of nitrogens with one attached hydrogen (secondary N) is 1. The molecule has 0 saturated carbocycles. The predicted octanol–water partition coefficient (Wildman–Crippen LogP) is 0.699. The summed E-state index contributed by atoms with van der Waals surface area (Å²) in [6.07, 6.45) is -2.60. The van der Waals surface area contributed by atoms with E-state index in [1.807, 2.05) is 0 Å². The number of β-lactam (4-membered cyclic amide) rings is 1. The molecule has 21 nitrogen and oxygen atoms in total. The van der Waals surface area contributed by atoms with Gasteiger partial charge in [-0.3, -0.25) is 23.6 Å². The number of nitrogens with zero attached hydrogens (tertiary/aromatic N) is 1. The molecule has 0 bridgehead atoms. The summed E-state index contributed by atoms with van der Waals surface area (Å²) < 4.78 is 55.1. The molecule has 0 spiro atoms. The second-order valence-electron chi connectivity index (χ2n) is 8.63. The number of thioether (sulfide) groups is 1. The number of carbonyl (C=O) groups is 4. The van der Waals surface area contributed by atoms with Gasteiger partial charge in [-0.15, -0.1) is 30.5 Å². The maximum absolute atomic E-state index is 13.4. The Balaban J connectivity index is 2.18. The van der Waals surface area contributed by atoms with E-state index in [-0.39, 0.29) is 30.6 Å². The quantitative estimate of drug-likeness (QED) is 0.0340. The highest BCUT2D eigenvalue weighted by molar-refractivity contribution is 8.00. The van der Waals surface area contributed by atoms with E-state index in [2.05, 4.69) is 48.3 Å². The zero-order valence-corrected chi connectivity index (χ0v) is 26.7. The minimum Gasteiger partial charge on any atom is -0.477 e. The summed E-state index contributed by atoms with van der Waals surface area (Å²) >= 11 is 1.04. The Morgan fingerprint density at radius 1 is 1.02 bits per heavy atom.